The first-order valence-electron chi connectivity index (χ1n) is 10.5. The van der Waals surface area contributed by atoms with Crippen LogP contribution in [0, 0.1) is 0 Å². The monoisotopic (exact) mass is 565 g/mol. The minimum atomic E-state index is 0. The van der Waals surface area contributed by atoms with Crippen molar-refractivity contribution in [3.05, 3.63) is 60.0 Å². The summed E-state index contributed by atoms with van der Waals surface area (Å²) in [5.74, 6) is 3.42. The molecule has 3 rings (SSSR count). The van der Waals surface area contributed by atoms with E-state index in [1.165, 1.54) is 0 Å². The zero-order valence-electron chi connectivity index (χ0n) is 19.7. The Bertz CT molecular complexity index is 1040. The van der Waals surface area contributed by atoms with Crippen LogP contribution in [0.4, 0.5) is 0 Å². The van der Waals surface area contributed by atoms with Gasteiger partial charge in [-0.05, 0) is 24.6 Å². The summed E-state index contributed by atoms with van der Waals surface area (Å²) < 4.78 is 16.4. The highest BCUT2D eigenvalue weighted by Crippen LogP contribution is 2.40. The molecule has 0 saturated carbocycles. The van der Waals surface area contributed by atoms with Crippen molar-refractivity contribution in [3.63, 3.8) is 0 Å². The number of aliphatic imine (C=N–C) groups is 1. The Balaban J connectivity index is 0.00000385. The number of aromatic amines is 1. The molecular formula is C24H32IN5O3. The predicted molar refractivity (Wildman–Crippen MR) is 142 cm³/mol. The molecule has 0 aliphatic carbocycles. The lowest BCUT2D eigenvalue weighted by Crippen LogP contribution is -2.38. The number of rotatable bonds is 9. The Morgan fingerprint density at radius 3 is 2.39 bits per heavy atom. The molecule has 0 amide bonds. The third-order valence-corrected chi connectivity index (χ3v) is 4.98. The fraction of sp³-hybridized carbons (Fsp3) is 0.333. The van der Waals surface area contributed by atoms with Crippen LogP contribution < -0.4 is 19.5 Å². The van der Waals surface area contributed by atoms with Crippen molar-refractivity contribution in [2.75, 3.05) is 34.9 Å². The summed E-state index contributed by atoms with van der Waals surface area (Å²) in [6.45, 7) is 3.80. The summed E-state index contributed by atoms with van der Waals surface area (Å²) in [4.78, 5) is 14.8. The smallest absolute Gasteiger partial charge is 0.203 e. The molecular weight excluding hydrogens is 533 g/mol. The molecule has 0 fully saturated rings. The maximum Gasteiger partial charge on any atom is 0.203 e. The quantitative estimate of drug-likeness (QED) is 0.229. The fourth-order valence-corrected chi connectivity index (χ4v) is 3.42. The average Bonchev–Trinajstić information content (AvgIpc) is 3.29. The van der Waals surface area contributed by atoms with Crippen LogP contribution >= 0.6 is 24.0 Å². The van der Waals surface area contributed by atoms with Gasteiger partial charge in [-0.3, -0.25) is 0 Å². The summed E-state index contributed by atoms with van der Waals surface area (Å²) in [5.41, 5.74) is 3.00. The van der Waals surface area contributed by atoms with E-state index in [1.807, 2.05) is 55.4 Å². The Labute approximate surface area is 212 Å². The van der Waals surface area contributed by atoms with Gasteiger partial charge in [0.15, 0.2) is 17.5 Å². The van der Waals surface area contributed by atoms with Gasteiger partial charge in [-0.25, -0.2) is 9.98 Å². The Hall–Kier alpha value is -2.95. The number of hydrogen-bond donors (Lipinski definition) is 2. The average molecular weight is 565 g/mol. The second-order valence-electron chi connectivity index (χ2n) is 7.13. The van der Waals surface area contributed by atoms with Gasteiger partial charge in [-0.2, -0.15) is 0 Å². The second kappa shape index (κ2) is 12.9. The number of imidazole rings is 1. The van der Waals surface area contributed by atoms with E-state index in [9.17, 15) is 0 Å². The van der Waals surface area contributed by atoms with Gasteiger partial charge in [0.05, 0.1) is 46.3 Å². The number of guanidine groups is 1. The Morgan fingerprint density at radius 1 is 1.03 bits per heavy atom. The summed E-state index contributed by atoms with van der Waals surface area (Å²) in [6, 6.07) is 13.9. The standard InChI is InChI=1S/C24H31N5O3.HI/c1-6-25-24(27-14-18-12-13-20(30-3)23(32-5)22(18)31-4)29(2)16-21-26-15-19(28-21)17-10-8-7-9-11-17;/h7-13,15H,6,14,16H2,1-5H3,(H,25,27)(H,26,28);1H. The van der Waals surface area contributed by atoms with Crippen LogP contribution in [0.1, 0.15) is 18.3 Å². The molecule has 0 saturated heterocycles. The summed E-state index contributed by atoms with van der Waals surface area (Å²) in [5, 5.41) is 3.34. The van der Waals surface area contributed by atoms with Crippen LogP contribution in [0.25, 0.3) is 11.3 Å². The van der Waals surface area contributed by atoms with Crippen molar-refractivity contribution in [3.8, 4) is 28.5 Å². The van der Waals surface area contributed by atoms with E-state index in [2.05, 4.69) is 27.4 Å². The van der Waals surface area contributed by atoms with Crippen molar-refractivity contribution < 1.29 is 14.2 Å². The third-order valence-electron chi connectivity index (χ3n) is 4.98. The van der Waals surface area contributed by atoms with Crippen molar-refractivity contribution >= 4 is 29.9 Å². The topological polar surface area (TPSA) is 84.0 Å². The van der Waals surface area contributed by atoms with Crippen LogP contribution in [0.3, 0.4) is 0 Å². The van der Waals surface area contributed by atoms with Crippen molar-refractivity contribution in [2.45, 2.75) is 20.0 Å². The van der Waals surface area contributed by atoms with Crippen LogP contribution in [0.5, 0.6) is 17.2 Å². The molecule has 1 heterocycles. The van der Waals surface area contributed by atoms with Crippen molar-refractivity contribution in [2.24, 2.45) is 4.99 Å². The first-order valence-corrected chi connectivity index (χ1v) is 10.5. The maximum absolute atomic E-state index is 5.58. The molecule has 0 spiro atoms. The number of hydrogen-bond acceptors (Lipinski definition) is 5. The minimum absolute atomic E-state index is 0. The van der Waals surface area contributed by atoms with Crippen LogP contribution in [-0.4, -0.2) is 55.7 Å². The molecule has 8 nitrogen and oxygen atoms in total. The molecule has 178 valence electrons. The highest BCUT2D eigenvalue weighted by Gasteiger charge is 2.16. The molecule has 0 aliphatic rings. The molecule has 0 atom stereocenters. The summed E-state index contributed by atoms with van der Waals surface area (Å²) in [6.07, 6.45) is 1.86. The Morgan fingerprint density at radius 2 is 1.76 bits per heavy atom. The molecule has 9 heteroatoms. The second-order valence-corrected chi connectivity index (χ2v) is 7.13. The SMILES string of the molecule is CCNC(=NCc1ccc(OC)c(OC)c1OC)N(C)Cc1ncc(-c2ccccc2)[nH]1.I. The highest BCUT2D eigenvalue weighted by molar-refractivity contribution is 14.0. The molecule has 33 heavy (non-hydrogen) atoms. The Kier molecular flexibility index (Phi) is 10.3. The van der Waals surface area contributed by atoms with E-state index in [-0.39, 0.29) is 24.0 Å². The lowest BCUT2D eigenvalue weighted by Gasteiger charge is -2.21. The van der Waals surface area contributed by atoms with Gasteiger partial charge in [0, 0.05) is 19.2 Å². The largest absolute Gasteiger partial charge is 0.493 e. The van der Waals surface area contributed by atoms with Gasteiger partial charge < -0.3 is 29.4 Å². The number of H-pyrrole nitrogens is 1. The zero-order valence-corrected chi connectivity index (χ0v) is 22.0. The molecule has 0 unspecified atom stereocenters. The summed E-state index contributed by atoms with van der Waals surface area (Å²) in [7, 11) is 6.80. The number of benzene rings is 2. The number of methoxy groups -OCH3 is 3. The van der Waals surface area contributed by atoms with Crippen LogP contribution in [0.15, 0.2) is 53.7 Å². The number of nitrogens with one attached hydrogen (secondary N) is 2. The van der Waals surface area contributed by atoms with Crippen LogP contribution in [0.2, 0.25) is 0 Å². The predicted octanol–water partition coefficient (Wildman–Crippen LogP) is 4.32. The van der Waals surface area contributed by atoms with Gasteiger partial charge >= 0.3 is 0 Å². The fourth-order valence-electron chi connectivity index (χ4n) is 3.42. The van der Waals surface area contributed by atoms with Gasteiger partial charge in [0.2, 0.25) is 5.75 Å². The molecule has 0 radical (unpaired) electrons. The van der Waals surface area contributed by atoms with E-state index < -0.39 is 0 Å². The van der Waals surface area contributed by atoms with E-state index in [1.54, 1.807) is 21.3 Å². The van der Waals surface area contributed by atoms with Gasteiger partial charge in [0.1, 0.15) is 5.82 Å². The van der Waals surface area contributed by atoms with Crippen LogP contribution in [-0.2, 0) is 13.1 Å². The summed E-state index contributed by atoms with van der Waals surface area (Å²) >= 11 is 0. The van der Waals surface area contributed by atoms with Crippen molar-refractivity contribution in [1.82, 2.24) is 20.2 Å². The van der Waals surface area contributed by atoms with Gasteiger partial charge in [0.25, 0.3) is 0 Å². The maximum atomic E-state index is 5.58. The van der Waals surface area contributed by atoms with E-state index in [0.717, 1.165) is 35.1 Å². The number of ether oxygens (including phenoxy) is 3. The molecule has 1 aromatic heterocycles. The lowest BCUT2D eigenvalue weighted by molar-refractivity contribution is 0.322. The third kappa shape index (κ3) is 6.53. The first-order chi connectivity index (χ1) is 15.6. The molecule has 0 aliphatic heterocycles. The number of aromatic nitrogens is 2. The highest BCUT2D eigenvalue weighted by atomic mass is 127. The number of halogens is 1. The normalized spacial score (nSPS) is 10.9. The number of nitrogens with zero attached hydrogens (tertiary/aromatic N) is 3. The van der Waals surface area contributed by atoms with E-state index in [4.69, 9.17) is 19.2 Å². The van der Waals surface area contributed by atoms with E-state index in [0.29, 0.717) is 30.3 Å². The van der Waals surface area contributed by atoms with Crippen molar-refractivity contribution in [1.29, 1.82) is 0 Å². The molecule has 2 aromatic carbocycles. The van der Waals surface area contributed by atoms with Gasteiger partial charge in [-0.15, -0.1) is 24.0 Å². The first kappa shape index (κ1) is 26.3. The zero-order chi connectivity index (χ0) is 22.9. The lowest BCUT2D eigenvalue weighted by atomic mass is 10.1. The minimum Gasteiger partial charge on any atom is -0.493 e. The van der Waals surface area contributed by atoms with Gasteiger partial charge in [-0.1, -0.05) is 30.3 Å². The molecule has 2 N–H and O–H groups in total. The molecule has 0 bridgehead atoms. The van der Waals surface area contributed by atoms with E-state index >= 15 is 0 Å². The molecule has 3 aromatic rings.